The van der Waals surface area contributed by atoms with Crippen molar-refractivity contribution in [2.24, 2.45) is 0 Å². The Morgan fingerprint density at radius 1 is 1.60 bits per heavy atom. The predicted molar refractivity (Wildman–Crippen MR) is 56.1 cm³/mol. The van der Waals surface area contributed by atoms with Crippen LogP contribution in [0.15, 0.2) is 24.3 Å². The summed E-state index contributed by atoms with van der Waals surface area (Å²) in [7, 11) is 1.67. The van der Waals surface area contributed by atoms with Gasteiger partial charge in [0.1, 0.15) is 6.54 Å². The molecule has 0 heterocycles. The normalized spacial score (nSPS) is 17.2. The largest absolute Gasteiger partial charge is 0.332 e. The highest BCUT2D eigenvalue weighted by molar-refractivity contribution is 5.86. The molecule has 1 aliphatic rings. The molecule has 0 saturated heterocycles. The van der Waals surface area contributed by atoms with E-state index in [2.05, 4.69) is 0 Å². The van der Waals surface area contributed by atoms with Crippen LogP contribution in [0.1, 0.15) is 17.0 Å². The molecule has 0 bridgehead atoms. The minimum atomic E-state index is -0.0282. The molecule has 15 heavy (non-hydrogen) atoms. The van der Waals surface area contributed by atoms with E-state index in [4.69, 9.17) is 5.26 Å². The Kier molecular flexibility index (Phi) is 2.42. The summed E-state index contributed by atoms with van der Waals surface area (Å²) in [5.41, 5.74) is 2.37. The molecule has 2 rings (SSSR count). The molecule has 76 valence electrons. The van der Waals surface area contributed by atoms with Gasteiger partial charge in [-0.1, -0.05) is 24.3 Å². The maximum absolute atomic E-state index is 11.9. The number of nitrogens with zero attached hydrogens (tertiary/aromatic N) is 2. The third kappa shape index (κ3) is 1.59. The monoisotopic (exact) mass is 200 g/mol. The number of nitriles is 1. The van der Waals surface area contributed by atoms with Gasteiger partial charge in [0.25, 0.3) is 0 Å². The third-order valence-electron chi connectivity index (χ3n) is 2.84. The van der Waals surface area contributed by atoms with Crippen molar-refractivity contribution in [2.45, 2.75) is 12.3 Å². The first-order valence-electron chi connectivity index (χ1n) is 4.93. The number of amides is 1. The average molecular weight is 200 g/mol. The fourth-order valence-corrected chi connectivity index (χ4v) is 1.93. The van der Waals surface area contributed by atoms with E-state index in [0.29, 0.717) is 0 Å². The van der Waals surface area contributed by atoms with Crippen molar-refractivity contribution in [1.29, 1.82) is 5.26 Å². The van der Waals surface area contributed by atoms with Crippen LogP contribution in [0.4, 0.5) is 0 Å². The number of rotatable bonds is 2. The molecule has 0 radical (unpaired) electrons. The number of hydrogen-bond donors (Lipinski definition) is 0. The maximum atomic E-state index is 11.9. The van der Waals surface area contributed by atoms with E-state index in [9.17, 15) is 4.79 Å². The topological polar surface area (TPSA) is 44.1 Å². The molecular weight excluding hydrogens is 188 g/mol. The molecule has 3 heteroatoms. The Morgan fingerprint density at radius 2 is 2.33 bits per heavy atom. The third-order valence-corrected chi connectivity index (χ3v) is 2.84. The highest BCUT2D eigenvalue weighted by Crippen LogP contribution is 2.35. The number of benzene rings is 1. The minimum Gasteiger partial charge on any atom is -0.332 e. The molecule has 0 aliphatic heterocycles. The molecule has 1 aliphatic carbocycles. The van der Waals surface area contributed by atoms with Crippen LogP contribution >= 0.6 is 0 Å². The van der Waals surface area contributed by atoms with Crippen molar-refractivity contribution in [1.82, 2.24) is 4.90 Å². The van der Waals surface area contributed by atoms with Crippen LogP contribution in [-0.2, 0) is 11.2 Å². The molecule has 0 N–H and O–H groups in total. The SMILES string of the molecule is CN(CC#N)C(=O)C1Cc2ccccc21. The lowest BCUT2D eigenvalue weighted by molar-refractivity contribution is -0.131. The van der Waals surface area contributed by atoms with Crippen molar-refractivity contribution in [3.05, 3.63) is 35.4 Å². The number of carbonyl (C=O) groups excluding carboxylic acids is 1. The summed E-state index contributed by atoms with van der Waals surface area (Å²) in [5.74, 6) is 0.0230. The molecular formula is C12H12N2O. The first-order valence-corrected chi connectivity index (χ1v) is 4.93. The van der Waals surface area contributed by atoms with Gasteiger partial charge in [0, 0.05) is 7.05 Å². The van der Waals surface area contributed by atoms with Gasteiger partial charge in [-0.25, -0.2) is 0 Å². The molecule has 1 amide bonds. The van der Waals surface area contributed by atoms with E-state index < -0.39 is 0 Å². The van der Waals surface area contributed by atoms with Gasteiger partial charge in [-0.15, -0.1) is 0 Å². The van der Waals surface area contributed by atoms with Gasteiger partial charge in [-0.3, -0.25) is 4.79 Å². The van der Waals surface area contributed by atoms with Gasteiger partial charge >= 0.3 is 0 Å². The van der Waals surface area contributed by atoms with Crippen molar-refractivity contribution in [2.75, 3.05) is 13.6 Å². The fourth-order valence-electron chi connectivity index (χ4n) is 1.93. The second-order valence-electron chi connectivity index (χ2n) is 3.81. The summed E-state index contributed by atoms with van der Waals surface area (Å²) in [6, 6.07) is 9.94. The van der Waals surface area contributed by atoms with Crippen LogP contribution in [0, 0.1) is 11.3 Å². The van der Waals surface area contributed by atoms with Gasteiger partial charge in [0.2, 0.25) is 5.91 Å². The molecule has 1 aromatic rings. The van der Waals surface area contributed by atoms with Crippen LogP contribution < -0.4 is 0 Å². The number of fused-ring (bicyclic) bond motifs is 1. The highest BCUT2D eigenvalue weighted by atomic mass is 16.2. The molecule has 0 spiro atoms. The van der Waals surface area contributed by atoms with Crippen LogP contribution in [0.5, 0.6) is 0 Å². The highest BCUT2D eigenvalue weighted by Gasteiger charge is 2.33. The molecule has 1 aromatic carbocycles. The van der Waals surface area contributed by atoms with E-state index in [1.54, 1.807) is 7.05 Å². The average Bonchev–Trinajstić information content (AvgIpc) is 2.20. The van der Waals surface area contributed by atoms with E-state index in [0.717, 1.165) is 12.0 Å². The van der Waals surface area contributed by atoms with Crippen molar-refractivity contribution >= 4 is 5.91 Å². The first-order chi connectivity index (χ1) is 7.24. The van der Waals surface area contributed by atoms with E-state index >= 15 is 0 Å². The lowest BCUT2D eigenvalue weighted by atomic mass is 9.77. The summed E-state index contributed by atoms with van der Waals surface area (Å²) in [6.45, 7) is 0.164. The summed E-state index contributed by atoms with van der Waals surface area (Å²) in [6.07, 6.45) is 0.810. The Morgan fingerprint density at radius 3 is 3.00 bits per heavy atom. The molecule has 1 unspecified atom stereocenters. The van der Waals surface area contributed by atoms with E-state index in [1.807, 2.05) is 30.3 Å². The summed E-state index contributed by atoms with van der Waals surface area (Å²) >= 11 is 0. The lowest BCUT2D eigenvalue weighted by Crippen LogP contribution is -2.37. The Bertz CT molecular complexity index is 433. The smallest absolute Gasteiger partial charge is 0.231 e. The van der Waals surface area contributed by atoms with Crippen LogP contribution in [-0.4, -0.2) is 24.4 Å². The van der Waals surface area contributed by atoms with E-state index in [-0.39, 0.29) is 18.4 Å². The quantitative estimate of drug-likeness (QED) is 0.675. The van der Waals surface area contributed by atoms with Crippen molar-refractivity contribution in [3.8, 4) is 6.07 Å². The number of likely N-dealkylation sites (N-methyl/N-ethyl adjacent to an activating group) is 1. The van der Waals surface area contributed by atoms with Crippen molar-refractivity contribution < 1.29 is 4.79 Å². The molecule has 0 saturated carbocycles. The maximum Gasteiger partial charge on any atom is 0.231 e. The van der Waals surface area contributed by atoms with Gasteiger partial charge < -0.3 is 4.90 Å². The minimum absolute atomic E-state index is 0.0282. The summed E-state index contributed by atoms with van der Waals surface area (Å²) in [5, 5.41) is 8.51. The zero-order valence-electron chi connectivity index (χ0n) is 8.60. The number of carbonyl (C=O) groups is 1. The van der Waals surface area contributed by atoms with Crippen molar-refractivity contribution in [3.63, 3.8) is 0 Å². The molecule has 1 atom stereocenters. The fraction of sp³-hybridized carbons (Fsp3) is 0.333. The molecule has 0 fully saturated rings. The predicted octanol–water partition coefficient (Wildman–Crippen LogP) is 1.31. The van der Waals surface area contributed by atoms with Gasteiger partial charge in [0.15, 0.2) is 0 Å². The lowest BCUT2D eigenvalue weighted by Gasteiger charge is -2.31. The standard InChI is InChI=1S/C12H12N2O/c1-14(7-6-13)12(15)11-8-9-4-2-3-5-10(9)11/h2-5,11H,7-8H2,1H3. The first kappa shape index (κ1) is 9.72. The number of hydrogen-bond acceptors (Lipinski definition) is 2. The van der Waals surface area contributed by atoms with Crippen LogP contribution in [0.3, 0.4) is 0 Å². The summed E-state index contributed by atoms with van der Waals surface area (Å²) in [4.78, 5) is 13.3. The zero-order valence-corrected chi connectivity index (χ0v) is 8.60. The van der Waals surface area contributed by atoms with E-state index in [1.165, 1.54) is 10.5 Å². The summed E-state index contributed by atoms with van der Waals surface area (Å²) < 4.78 is 0. The zero-order chi connectivity index (χ0) is 10.8. The Hall–Kier alpha value is -1.82. The Balaban J connectivity index is 2.11. The second-order valence-corrected chi connectivity index (χ2v) is 3.81. The molecule has 0 aromatic heterocycles. The van der Waals surface area contributed by atoms with Gasteiger partial charge in [-0.05, 0) is 17.5 Å². The molecule has 3 nitrogen and oxygen atoms in total. The van der Waals surface area contributed by atoms with Crippen LogP contribution in [0.2, 0.25) is 0 Å². The van der Waals surface area contributed by atoms with Gasteiger partial charge in [-0.2, -0.15) is 5.26 Å². The second kappa shape index (κ2) is 3.74. The van der Waals surface area contributed by atoms with Crippen LogP contribution in [0.25, 0.3) is 0 Å². The van der Waals surface area contributed by atoms with Gasteiger partial charge in [0.05, 0.1) is 12.0 Å². The Labute approximate surface area is 88.9 Å².